The first-order valence-corrected chi connectivity index (χ1v) is 10.1. The van der Waals surface area contributed by atoms with Crippen LogP contribution in [0.2, 0.25) is 0 Å². The van der Waals surface area contributed by atoms with E-state index in [0.29, 0.717) is 30.0 Å². The van der Waals surface area contributed by atoms with Crippen LogP contribution >= 0.6 is 0 Å². The largest absolute Gasteiger partial charge is 0.619 e. The highest BCUT2D eigenvalue weighted by Gasteiger charge is 2.24. The molecule has 0 saturated carbocycles. The molecular formula is C22H27N3O4. The fraction of sp³-hybridized carbons (Fsp3) is 0.455. The van der Waals surface area contributed by atoms with Crippen molar-refractivity contribution in [3.8, 4) is 5.75 Å². The predicted molar refractivity (Wildman–Crippen MR) is 107 cm³/mol. The third-order valence-corrected chi connectivity index (χ3v) is 5.34. The average molecular weight is 397 g/mol. The van der Waals surface area contributed by atoms with Crippen LogP contribution in [0.4, 0.5) is 0 Å². The van der Waals surface area contributed by atoms with E-state index in [4.69, 9.17) is 9.47 Å². The van der Waals surface area contributed by atoms with Crippen molar-refractivity contribution in [3.63, 3.8) is 0 Å². The third-order valence-electron chi connectivity index (χ3n) is 5.34. The van der Waals surface area contributed by atoms with E-state index in [9.17, 15) is 10.0 Å². The van der Waals surface area contributed by atoms with Crippen LogP contribution in [-0.2, 0) is 17.8 Å². The number of pyridine rings is 1. The fourth-order valence-corrected chi connectivity index (χ4v) is 4.13. The lowest BCUT2D eigenvalue weighted by Gasteiger charge is -2.35. The molecule has 0 unspecified atom stereocenters. The van der Waals surface area contributed by atoms with Gasteiger partial charge in [-0.15, -0.1) is 0 Å². The number of rotatable bonds is 3. The molecule has 2 aromatic rings. The van der Waals surface area contributed by atoms with Crippen LogP contribution in [0.3, 0.4) is 0 Å². The van der Waals surface area contributed by atoms with Crippen molar-refractivity contribution in [3.05, 3.63) is 64.6 Å². The summed E-state index contributed by atoms with van der Waals surface area (Å²) in [7, 11) is 0. The van der Waals surface area contributed by atoms with Gasteiger partial charge in [-0.2, -0.15) is 4.73 Å². The monoisotopic (exact) mass is 397 g/mol. The molecule has 2 aliphatic rings. The number of carbonyl (C=O) groups is 1. The molecule has 1 aromatic heterocycles. The first-order valence-electron chi connectivity index (χ1n) is 10.1. The van der Waals surface area contributed by atoms with Crippen LogP contribution in [0.15, 0.2) is 42.7 Å². The minimum Gasteiger partial charge on any atom is -0.619 e. The Labute approximate surface area is 171 Å². The highest BCUT2D eigenvalue weighted by atomic mass is 16.5. The maximum absolute atomic E-state index is 12.9. The zero-order valence-electron chi connectivity index (χ0n) is 16.9. The molecule has 0 radical (unpaired) electrons. The Balaban J connectivity index is 1.49. The van der Waals surface area contributed by atoms with Gasteiger partial charge in [-0.1, -0.05) is 6.07 Å². The molecule has 0 spiro atoms. The first kappa shape index (κ1) is 19.7. The summed E-state index contributed by atoms with van der Waals surface area (Å²) in [4.78, 5) is 17.1. The molecule has 1 fully saturated rings. The minimum atomic E-state index is -0.0942. The molecule has 29 heavy (non-hydrogen) atoms. The average Bonchev–Trinajstić information content (AvgIpc) is 2.89. The van der Waals surface area contributed by atoms with Gasteiger partial charge in [-0.3, -0.25) is 9.69 Å². The number of nitrogens with zero attached hydrogens (tertiary/aromatic N) is 3. The lowest BCUT2D eigenvalue weighted by molar-refractivity contribution is -0.605. The van der Waals surface area contributed by atoms with Crippen LogP contribution in [0, 0.1) is 5.21 Å². The molecule has 2 aliphatic heterocycles. The van der Waals surface area contributed by atoms with Crippen molar-refractivity contribution in [2.24, 2.45) is 0 Å². The molecule has 1 saturated heterocycles. The number of benzene rings is 1. The first-order chi connectivity index (χ1) is 14.0. The Morgan fingerprint density at radius 1 is 1.17 bits per heavy atom. The number of morpholine rings is 1. The normalized spacial score (nSPS) is 22.5. The lowest BCUT2D eigenvalue weighted by atomic mass is 10.1. The molecule has 1 aromatic carbocycles. The molecule has 4 rings (SSSR count). The summed E-state index contributed by atoms with van der Waals surface area (Å²) in [5.74, 6) is 0.738. The van der Waals surface area contributed by atoms with Gasteiger partial charge in [-0.25, -0.2) is 0 Å². The maximum Gasteiger partial charge on any atom is 0.254 e. The van der Waals surface area contributed by atoms with Gasteiger partial charge in [0.15, 0.2) is 12.4 Å². The smallest absolute Gasteiger partial charge is 0.254 e. The molecule has 7 nitrogen and oxygen atoms in total. The SMILES string of the molecule is C[C@@H]1CN(Cc2ccc3c(c2)CN(C(=O)c2cc[n+]([O-])cc2)CCO3)C[C@H](C)O1. The van der Waals surface area contributed by atoms with Gasteiger partial charge in [-0.05, 0) is 31.5 Å². The summed E-state index contributed by atoms with van der Waals surface area (Å²) in [6.45, 7) is 8.33. The van der Waals surface area contributed by atoms with E-state index in [0.717, 1.165) is 30.9 Å². The standard InChI is InChI=1S/C22H27N3O4/c1-16-12-23(13-17(2)29-16)14-18-3-4-21-20(11-18)15-24(9-10-28-21)22(26)19-5-7-25(27)8-6-19/h3-8,11,16-17H,9-10,12-15H2,1-2H3/t16-,17+. The minimum absolute atomic E-state index is 0.0942. The van der Waals surface area contributed by atoms with E-state index in [1.54, 1.807) is 17.0 Å². The molecule has 0 N–H and O–H groups in total. The van der Waals surface area contributed by atoms with Gasteiger partial charge >= 0.3 is 0 Å². The molecule has 7 heteroatoms. The number of ether oxygens (including phenoxy) is 2. The molecular weight excluding hydrogens is 370 g/mol. The van der Waals surface area contributed by atoms with Crippen LogP contribution in [0.5, 0.6) is 5.75 Å². The number of amides is 1. The number of carbonyl (C=O) groups excluding carboxylic acids is 1. The zero-order valence-corrected chi connectivity index (χ0v) is 16.9. The summed E-state index contributed by atoms with van der Waals surface area (Å²) < 4.78 is 12.4. The Hall–Kier alpha value is -2.64. The molecule has 1 amide bonds. The topological polar surface area (TPSA) is 69.0 Å². The van der Waals surface area contributed by atoms with Crippen molar-refractivity contribution in [1.82, 2.24) is 9.80 Å². The second-order valence-electron chi connectivity index (χ2n) is 7.92. The molecule has 2 atom stereocenters. The zero-order chi connectivity index (χ0) is 20.4. The lowest BCUT2D eigenvalue weighted by Crippen LogP contribution is -2.44. The van der Waals surface area contributed by atoms with Crippen molar-refractivity contribution in [2.75, 3.05) is 26.2 Å². The summed E-state index contributed by atoms with van der Waals surface area (Å²) in [5.41, 5.74) is 2.72. The summed E-state index contributed by atoms with van der Waals surface area (Å²) in [6.07, 6.45) is 3.15. The van der Waals surface area contributed by atoms with E-state index >= 15 is 0 Å². The highest BCUT2D eigenvalue weighted by Crippen LogP contribution is 2.26. The second-order valence-corrected chi connectivity index (χ2v) is 7.92. The van der Waals surface area contributed by atoms with Gasteiger partial charge in [0.1, 0.15) is 12.4 Å². The number of hydrogen-bond donors (Lipinski definition) is 0. The van der Waals surface area contributed by atoms with Gasteiger partial charge in [0.2, 0.25) is 0 Å². The van der Waals surface area contributed by atoms with Crippen molar-refractivity contribution < 1.29 is 19.0 Å². The van der Waals surface area contributed by atoms with Gasteiger partial charge in [0, 0.05) is 43.9 Å². The van der Waals surface area contributed by atoms with Gasteiger partial charge < -0.3 is 19.6 Å². The molecule has 3 heterocycles. The quantitative estimate of drug-likeness (QED) is 0.585. The summed E-state index contributed by atoms with van der Waals surface area (Å²) >= 11 is 0. The molecule has 0 bridgehead atoms. The molecule has 154 valence electrons. The Morgan fingerprint density at radius 2 is 1.90 bits per heavy atom. The summed E-state index contributed by atoms with van der Waals surface area (Å²) in [6, 6.07) is 9.36. The fourth-order valence-electron chi connectivity index (χ4n) is 4.13. The van der Waals surface area contributed by atoms with E-state index < -0.39 is 0 Å². The van der Waals surface area contributed by atoms with Crippen LogP contribution in [0.1, 0.15) is 35.3 Å². The van der Waals surface area contributed by atoms with E-state index in [2.05, 4.69) is 30.9 Å². The Kier molecular flexibility index (Phi) is 5.69. The van der Waals surface area contributed by atoms with E-state index in [-0.39, 0.29) is 18.1 Å². The van der Waals surface area contributed by atoms with Gasteiger partial charge in [0.25, 0.3) is 5.91 Å². The van der Waals surface area contributed by atoms with Crippen molar-refractivity contribution in [2.45, 2.75) is 39.1 Å². The van der Waals surface area contributed by atoms with Crippen molar-refractivity contribution in [1.29, 1.82) is 0 Å². The third kappa shape index (κ3) is 4.68. The number of aromatic nitrogens is 1. The van der Waals surface area contributed by atoms with Crippen LogP contribution in [0.25, 0.3) is 0 Å². The Morgan fingerprint density at radius 3 is 2.62 bits per heavy atom. The number of fused-ring (bicyclic) bond motifs is 1. The van der Waals surface area contributed by atoms with Crippen molar-refractivity contribution >= 4 is 5.91 Å². The highest BCUT2D eigenvalue weighted by molar-refractivity contribution is 5.94. The van der Waals surface area contributed by atoms with Gasteiger partial charge in [0.05, 0.1) is 24.3 Å². The van der Waals surface area contributed by atoms with Crippen LogP contribution in [-0.4, -0.2) is 54.2 Å². The predicted octanol–water partition coefficient (Wildman–Crippen LogP) is 1.96. The number of hydrogen-bond acceptors (Lipinski definition) is 5. The van der Waals surface area contributed by atoms with E-state index in [1.165, 1.54) is 18.0 Å². The van der Waals surface area contributed by atoms with E-state index in [1.807, 2.05) is 6.07 Å². The maximum atomic E-state index is 12.9. The molecule has 0 aliphatic carbocycles. The Bertz CT molecular complexity index is 861. The second kappa shape index (κ2) is 8.39. The van der Waals surface area contributed by atoms with Crippen LogP contribution < -0.4 is 9.47 Å². The summed E-state index contributed by atoms with van der Waals surface area (Å²) in [5, 5.41) is 11.2.